The smallest absolute Gasteiger partial charge is 0.247 e. The van der Waals surface area contributed by atoms with Gasteiger partial charge in [-0.15, -0.1) is 0 Å². The molecule has 1 fully saturated rings. The van der Waals surface area contributed by atoms with Crippen molar-refractivity contribution in [2.45, 2.75) is 45.6 Å². The van der Waals surface area contributed by atoms with Gasteiger partial charge in [0, 0.05) is 24.1 Å². The zero-order valence-corrected chi connectivity index (χ0v) is 14.6. The summed E-state index contributed by atoms with van der Waals surface area (Å²) in [6.45, 7) is 4.47. The van der Waals surface area contributed by atoms with Crippen LogP contribution in [0.25, 0.3) is 0 Å². The Labute approximate surface area is 141 Å². The SMILES string of the molecule is CCCC(=O)N1CCCC1C(=O)Nc1cc(C)c(Cl)cc1OC. The average Bonchev–Trinajstić information content (AvgIpc) is 3.00. The quantitative estimate of drug-likeness (QED) is 0.895. The standard InChI is InChI=1S/C17H23ClN2O3/c1-4-6-16(21)20-8-5-7-14(20)17(22)19-13-9-11(2)12(18)10-15(13)23-3/h9-10,14H,4-8H2,1-3H3,(H,19,22). The van der Waals surface area contributed by atoms with Gasteiger partial charge in [0.25, 0.3) is 0 Å². The molecule has 0 radical (unpaired) electrons. The summed E-state index contributed by atoms with van der Waals surface area (Å²) in [5.41, 5.74) is 1.43. The summed E-state index contributed by atoms with van der Waals surface area (Å²) in [5.74, 6) is 0.384. The summed E-state index contributed by atoms with van der Waals surface area (Å²) in [6, 6.07) is 3.06. The summed E-state index contributed by atoms with van der Waals surface area (Å²) < 4.78 is 5.28. The zero-order chi connectivity index (χ0) is 17.0. The van der Waals surface area contributed by atoms with Crippen LogP contribution in [0.4, 0.5) is 5.69 Å². The molecule has 1 unspecified atom stereocenters. The number of anilines is 1. The normalized spacial score (nSPS) is 17.2. The topological polar surface area (TPSA) is 58.6 Å². The molecule has 5 nitrogen and oxygen atoms in total. The number of hydrogen-bond donors (Lipinski definition) is 1. The number of methoxy groups -OCH3 is 1. The number of ether oxygens (including phenoxy) is 1. The third kappa shape index (κ3) is 3.96. The van der Waals surface area contributed by atoms with Crippen molar-refractivity contribution in [3.05, 3.63) is 22.7 Å². The number of aryl methyl sites for hydroxylation is 1. The highest BCUT2D eigenvalue weighted by molar-refractivity contribution is 6.31. The molecule has 2 rings (SSSR count). The Hall–Kier alpha value is -1.75. The molecule has 0 aromatic heterocycles. The fraction of sp³-hybridized carbons (Fsp3) is 0.529. The molecule has 0 spiro atoms. The van der Waals surface area contributed by atoms with Gasteiger partial charge in [0.1, 0.15) is 11.8 Å². The average molecular weight is 339 g/mol. The van der Waals surface area contributed by atoms with Crippen LogP contribution in [0, 0.1) is 6.92 Å². The lowest BCUT2D eigenvalue weighted by molar-refractivity contribution is -0.136. The summed E-state index contributed by atoms with van der Waals surface area (Å²) in [5, 5.41) is 3.47. The van der Waals surface area contributed by atoms with Gasteiger partial charge < -0.3 is 15.0 Å². The first-order valence-corrected chi connectivity index (χ1v) is 8.30. The lowest BCUT2D eigenvalue weighted by atomic mass is 10.1. The predicted octanol–water partition coefficient (Wildman–Crippen LogP) is 3.39. The van der Waals surface area contributed by atoms with Crippen molar-refractivity contribution in [2.24, 2.45) is 0 Å². The van der Waals surface area contributed by atoms with Crippen LogP contribution in [0.15, 0.2) is 12.1 Å². The van der Waals surface area contributed by atoms with E-state index in [1.807, 2.05) is 13.8 Å². The Bertz CT molecular complexity index is 604. The van der Waals surface area contributed by atoms with Crippen LogP contribution < -0.4 is 10.1 Å². The largest absolute Gasteiger partial charge is 0.495 e. The first kappa shape index (κ1) is 17.6. The van der Waals surface area contributed by atoms with Crippen molar-refractivity contribution in [1.29, 1.82) is 0 Å². The van der Waals surface area contributed by atoms with E-state index in [1.54, 1.807) is 17.0 Å². The molecule has 1 atom stereocenters. The predicted molar refractivity (Wildman–Crippen MR) is 91.0 cm³/mol. The molecule has 0 saturated carbocycles. The van der Waals surface area contributed by atoms with E-state index in [0.717, 1.165) is 18.4 Å². The van der Waals surface area contributed by atoms with Gasteiger partial charge in [0.05, 0.1) is 12.8 Å². The number of carbonyl (C=O) groups is 2. The number of nitrogens with zero attached hydrogens (tertiary/aromatic N) is 1. The lowest BCUT2D eigenvalue weighted by Gasteiger charge is -2.24. The molecule has 0 bridgehead atoms. The molecular weight excluding hydrogens is 316 g/mol. The summed E-state index contributed by atoms with van der Waals surface area (Å²) in [6.07, 6.45) is 2.81. The maximum Gasteiger partial charge on any atom is 0.247 e. The Morgan fingerprint density at radius 3 is 2.83 bits per heavy atom. The Balaban J connectivity index is 2.15. The van der Waals surface area contributed by atoms with Crippen LogP contribution in [0.3, 0.4) is 0 Å². The van der Waals surface area contributed by atoms with Gasteiger partial charge in [-0.05, 0) is 37.8 Å². The van der Waals surface area contributed by atoms with E-state index in [1.165, 1.54) is 7.11 Å². The van der Waals surface area contributed by atoms with E-state index in [-0.39, 0.29) is 11.8 Å². The number of rotatable bonds is 5. The van der Waals surface area contributed by atoms with Crippen LogP contribution >= 0.6 is 11.6 Å². The molecule has 1 heterocycles. The van der Waals surface area contributed by atoms with Crippen molar-refractivity contribution >= 4 is 29.1 Å². The van der Waals surface area contributed by atoms with Gasteiger partial charge in [-0.25, -0.2) is 0 Å². The summed E-state index contributed by atoms with van der Waals surface area (Å²) in [7, 11) is 1.53. The molecular formula is C17H23ClN2O3. The van der Waals surface area contributed by atoms with Crippen LogP contribution in [-0.4, -0.2) is 36.4 Å². The van der Waals surface area contributed by atoms with Crippen LogP contribution in [0.1, 0.15) is 38.2 Å². The molecule has 2 amide bonds. The molecule has 1 saturated heterocycles. The Kier molecular flexibility index (Phi) is 5.88. The Morgan fingerprint density at radius 1 is 1.43 bits per heavy atom. The van der Waals surface area contributed by atoms with Gasteiger partial charge in [-0.1, -0.05) is 18.5 Å². The van der Waals surface area contributed by atoms with E-state index in [4.69, 9.17) is 16.3 Å². The minimum atomic E-state index is -0.408. The number of halogens is 1. The molecule has 1 aromatic rings. The Morgan fingerprint density at radius 2 is 2.17 bits per heavy atom. The van der Waals surface area contributed by atoms with Gasteiger partial charge in [0.2, 0.25) is 11.8 Å². The van der Waals surface area contributed by atoms with Crippen molar-refractivity contribution in [3.63, 3.8) is 0 Å². The fourth-order valence-electron chi connectivity index (χ4n) is 2.84. The molecule has 0 aliphatic carbocycles. The minimum absolute atomic E-state index is 0.0457. The number of hydrogen-bond acceptors (Lipinski definition) is 3. The van der Waals surface area contributed by atoms with E-state index >= 15 is 0 Å². The molecule has 1 aliphatic rings. The highest BCUT2D eigenvalue weighted by Crippen LogP contribution is 2.31. The summed E-state index contributed by atoms with van der Waals surface area (Å²) in [4.78, 5) is 26.4. The second-order valence-corrected chi connectivity index (χ2v) is 6.19. The molecule has 23 heavy (non-hydrogen) atoms. The van der Waals surface area contributed by atoms with E-state index < -0.39 is 6.04 Å². The number of likely N-dealkylation sites (tertiary alicyclic amines) is 1. The van der Waals surface area contributed by atoms with Gasteiger partial charge >= 0.3 is 0 Å². The van der Waals surface area contributed by atoms with E-state index in [0.29, 0.717) is 35.8 Å². The fourth-order valence-corrected chi connectivity index (χ4v) is 2.99. The number of amides is 2. The highest BCUT2D eigenvalue weighted by Gasteiger charge is 2.33. The lowest BCUT2D eigenvalue weighted by Crippen LogP contribution is -2.43. The van der Waals surface area contributed by atoms with E-state index in [9.17, 15) is 9.59 Å². The zero-order valence-electron chi connectivity index (χ0n) is 13.8. The highest BCUT2D eigenvalue weighted by atomic mass is 35.5. The maximum absolute atomic E-state index is 12.6. The van der Waals surface area contributed by atoms with Crippen molar-refractivity contribution in [1.82, 2.24) is 4.90 Å². The number of nitrogens with one attached hydrogen (secondary N) is 1. The van der Waals surface area contributed by atoms with Gasteiger partial charge in [0.15, 0.2) is 0 Å². The van der Waals surface area contributed by atoms with Gasteiger partial charge in [-0.3, -0.25) is 9.59 Å². The van der Waals surface area contributed by atoms with Crippen molar-refractivity contribution in [2.75, 3.05) is 19.0 Å². The second kappa shape index (κ2) is 7.68. The first-order valence-electron chi connectivity index (χ1n) is 7.92. The molecule has 1 N–H and O–H groups in total. The van der Waals surface area contributed by atoms with Crippen LogP contribution in [0.5, 0.6) is 5.75 Å². The second-order valence-electron chi connectivity index (χ2n) is 5.79. The van der Waals surface area contributed by atoms with Crippen molar-refractivity contribution in [3.8, 4) is 5.75 Å². The minimum Gasteiger partial charge on any atom is -0.495 e. The van der Waals surface area contributed by atoms with Gasteiger partial charge in [-0.2, -0.15) is 0 Å². The molecule has 1 aliphatic heterocycles. The van der Waals surface area contributed by atoms with Crippen LogP contribution in [0.2, 0.25) is 5.02 Å². The van der Waals surface area contributed by atoms with Crippen LogP contribution in [-0.2, 0) is 9.59 Å². The molecule has 126 valence electrons. The third-order valence-electron chi connectivity index (χ3n) is 4.08. The van der Waals surface area contributed by atoms with E-state index in [2.05, 4.69) is 5.32 Å². The third-order valence-corrected chi connectivity index (χ3v) is 4.49. The monoisotopic (exact) mass is 338 g/mol. The first-order chi connectivity index (χ1) is 11.0. The number of carbonyl (C=O) groups excluding carboxylic acids is 2. The van der Waals surface area contributed by atoms with Crippen molar-refractivity contribution < 1.29 is 14.3 Å². The molecule has 1 aromatic carbocycles. The molecule has 6 heteroatoms. The number of benzene rings is 1. The maximum atomic E-state index is 12.6. The summed E-state index contributed by atoms with van der Waals surface area (Å²) >= 11 is 6.08.